The average Bonchev–Trinajstić information content (AvgIpc) is 2.75. The van der Waals surface area contributed by atoms with Gasteiger partial charge < -0.3 is 5.11 Å². The molecule has 1 atom stereocenters. The Morgan fingerprint density at radius 2 is 2.24 bits per heavy atom. The van der Waals surface area contributed by atoms with Crippen LogP contribution in [0.15, 0.2) is 6.20 Å². The summed E-state index contributed by atoms with van der Waals surface area (Å²) >= 11 is 0. The molecule has 7 nitrogen and oxygen atoms in total. The van der Waals surface area contributed by atoms with E-state index in [9.17, 15) is 20.0 Å². The van der Waals surface area contributed by atoms with Gasteiger partial charge >= 0.3 is 5.97 Å². The summed E-state index contributed by atoms with van der Waals surface area (Å²) in [4.78, 5) is 28.3. The van der Waals surface area contributed by atoms with Gasteiger partial charge in [0.1, 0.15) is 5.54 Å². The zero-order chi connectivity index (χ0) is 15.8. The third-order valence-electron chi connectivity index (χ3n) is 4.35. The van der Waals surface area contributed by atoms with Crippen molar-refractivity contribution < 1.29 is 14.8 Å². The summed E-state index contributed by atoms with van der Waals surface area (Å²) in [5, 5.41) is 20.5. The molecule has 0 aliphatic carbocycles. The summed E-state index contributed by atoms with van der Waals surface area (Å²) in [6, 6.07) is 0. The summed E-state index contributed by atoms with van der Waals surface area (Å²) in [5.74, 6) is -0.862. The van der Waals surface area contributed by atoms with Crippen LogP contribution >= 0.6 is 0 Å². The zero-order valence-corrected chi connectivity index (χ0v) is 12.4. The molecular weight excluding hydrogens is 274 g/mol. The Balaban J connectivity index is 2.35. The number of nitrogens with zero attached hydrogens (tertiary/aromatic N) is 3. The topological polar surface area (TPSA) is 96.6 Å². The monoisotopic (exact) mass is 293 g/mol. The van der Waals surface area contributed by atoms with Crippen LogP contribution in [0, 0.1) is 24.0 Å². The number of aryl methyl sites for hydroxylation is 1. The first-order valence-electron chi connectivity index (χ1n) is 6.85. The van der Waals surface area contributed by atoms with Gasteiger partial charge in [0.15, 0.2) is 0 Å². The second-order valence-electron chi connectivity index (χ2n) is 5.72. The number of hydrogen-bond acceptors (Lipinski definition) is 5. The minimum Gasteiger partial charge on any atom is -0.480 e. The summed E-state index contributed by atoms with van der Waals surface area (Å²) in [6.07, 6.45) is 2.86. The van der Waals surface area contributed by atoms with E-state index in [1.807, 2.05) is 4.90 Å². The Morgan fingerprint density at radius 3 is 2.81 bits per heavy atom. The first-order valence-corrected chi connectivity index (χ1v) is 6.85. The standard InChI is InChI=1S/C14H19N3O4/c1-9-7-15-11(10(2)12(9)17(20)21)8-16-6-4-5-14(16,3)13(18)19/h7H,4-6,8H2,1-3H3,(H,18,19). The highest BCUT2D eigenvalue weighted by Gasteiger charge is 2.43. The lowest BCUT2D eigenvalue weighted by Crippen LogP contribution is -2.47. The number of hydrogen-bond donors (Lipinski definition) is 1. The van der Waals surface area contributed by atoms with Gasteiger partial charge in [-0.25, -0.2) is 0 Å². The van der Waals surface area contributed by atoms with E-state index in [2.05, 4.69) is 4.98 Å². The number of carboxylic acids is 1. The quantitative estimate of drug-likeness (QED) is 0.674. The number of nitro groups is 1. The molecule has 114 valence electrons. The molecule has 7 heteroatoms. The molecule has 1 unspecified atom stereocenters. The van der Waals surface area contributed by atoms with Gasteiger partial charge in [0.05, 0.1) is 10.6 Å². The maximum atomic E-state index is 11.5. The highest BCUT2D eigenvalue weighted by atomic mass is 16.6. The van der Waals surface area contributed by atoms with Crippen LogP contribution < -0.4 is 0 Å². The van der Waals surface area contributed by atoms with Gasteiger partial charge in [-0.05, 0) is 40.2 Å². The largest absolute Gasteiger partial charge is 0.480 e. The molecule has 2 heterocycles. The Hall–Kier alpha value is -2.02. The highest BCUT2D eigenvalue weighted by molar-refractivity contribution is 5.78. The van der Waals surface area contributed by atoms with E-state index < -0.39 is 16.4 Å². The van der Waals surface area contributed by atoms with Crippen molar-refractivity contribution in [1.82, 2.24) is 9.88 Å². The Bertz CT molecular complexity index is 602. The van der Waals surface area contributed by atoms with Crippen LogP contribution in [0.1, 0.15) is 36.6 Å². The lowest BCUT2D eigenvalue weighted by molar-refractivity contribution is -0.386. The average molecular weight is 293 g/mol. The van der Waals surface area contributed by atoms with Gasteiger partial charge in [0.25, 0.3) is 5.69 Å². The van der Waals surface area contributed by atoms with Crippen LogP contribution in [-0.4, -0.2) is 38.0 Å². The SMILES string of the molecule is Cc1cnc(CN2CCCC2(C)C(=O)O)c(C)c1[N+](=O)[O-]. The van der Waals surface area contributed by atoms with Crippen LogP contribution in [-0.2, 0) is 11.3 Å². The van der Waals surface area contributed by atoms with E-state index in [4.69, 9.17) is 0 Å². The van der Waals surface area contributed by atoms with E-state index >= 15 is 0 Å². The number of pyridine rings is 1. The minimum absolute atomic E-state index is 0.0659. The molecule has 0 aromatic carbocycles. The van der Waals surface area contributed by atoms with Crippen molar-refractivity contribution in [3.8, 4) is 0 Å². The second-order valence-corrected chi connectivity index (χ2v) is 5.72. The molecule has 2 rings (SSSR count). The lowest BCUT2D eigenvalue weighted by atomic mass is 9.98. The van der Waals surface area contributed by atoms with Crippen LogP contribution in [0.5, 0.6) is 0 Å². The van der Waals surface area contributed by atoms with Crippen molar-refractivity contribution in [2.75, 3.05) is 6.54 Å². The van der Waals surface area contributed by atoms with Crippen LogP contribution in [0.2, 0.25) is 0 Å². The van der Waals surface area contributed by atoms with Crippen LogP contribution in [0.25, 0.3) is 0 Å². The molecule has 1 N–H and O–H groups in total. The van der Waals surface area contributed by atoms with Gasteiger partial charge in [0, 0.05) is 23.9 Å². The van der Waals surface area contributed by atoms with E-state index in [-0.39, 0.29) is 5.69 Å². The first kappa shape index (κ1) is 15.4. The van der Waals surface area contributed by atoms with Crippen molar-refractivity contribution in [2.45, 2.75) is 45.7 Å². The Morgan fingerprint density at radius 1 is 1.57 bits per heavy atom. The summed E-state index contributed by atoms with van der Waals surface area (Å²) in [7, 11) is 0. The zero-order valence-electron chi connectivity index (χ0n) is 12.4. The van der Waals surface area contributed by atoms with Gasteiger partial charge in [0.2, 0.25) is 0 Å². The van der Waals surface area contributed by atoms with Crippen LogP contribution in [0.3, 0.4) is 0 Å². The number of aliphatic carboxylic acids is 1. The molecule has 1 aliphatic heterocycles. The molecule has 1 saturated heterocycles. The molecule has 1 aromatic rings. The second kappa shape index (κ2) is 5.40. The molecule has 0 amide bonds. The molecule has 21 heavy (non-hydrogen) atoms. The van der Waals surface area contributed by atoms with Gasteiger partial charge in [-0.15, -0.1) is 0 Å². The highest BCUT2D eigenvalue weighted by Crippen LogP contribution is 2.32. The van der Waals surface area contributed by atoms with Crippen molar-refractivity contribution in [2.24, 2.45) is 0 Å². The molecule has 1 aliphatic rings. The van der Waals surface area contributed by atoms with E-state index in [0.29, 0.717) is 36.3 Å². The molecule has 0 bridgehead atoms. The maximum Gasteiger partial charge on any atom is 0.323 e. The Labute approximate surface area is 122 Å². The molecule has 0 spiro atoms. The predicted octanol–water partition coefficient (Wildman–Crippen LogP) is 2.05. The van der Waals surface area contributed by atoms with Crippen LogP contribution in [0.4, 0.5) is 5.69 Å². The molecule has 0 saturated carbocycles. The third-order valence-corrected chi connectivity index (χ3v) is 4.35. The van der Waals surface area contributed by atoms with E-state index in [1.165, 1.54) is 6.20 Å². The fourth-order valence-electron chi connectivity index (χ4n) is 2.90. The minimum atomic E-state index is -0.923. The molecular formula is C14H19N3O4. The number of likely N-dealkylation sites (tertiary alicyclic amines) is 1. The third kappa shape index (κ3) is 2.61. The van der Waals surface area contributed by atoms with Crippen molar-refractivity contribution in [3.63, 3.8) is 0 Å². The number of carbonyl (C=O) groups is 1. The van der Waals surface area contributed by atoms with Crippen molar-refractivity contribution >= 4 is 11.7 Å². The fraction of sp³-hybridized carbons (Fsp3) is 0.571. The lowest BCUT2D eigenvalue weighted by Gasteiger charge is -2.31. The first-order chi connectivity index (χ1) is 9.77. The number of rotatable bonds is 4. The Kier molecular flexibility index (Phi) is 3.95. The van der Waals surface area contributed by atoms with Crippen molar-refractivity contribution in [3.05, 3.63) is 33.1 Å². The normalized spacial score (nSPS) is 22.4. The number of aromatic nitrogens is 1. The molecule has 1 fully saturated rings. The molecule has 0 radical (unpaired) electrons. The summed E-state index contributed by atoms with van der Waals surface area (Å²) < 4.78 is 0. The van der Waals surface area contributed by atoms with E-state index in [0.717, 1.165) is 6.42 Å². The molecule has 1 aromatic heterocycles. The smallest absolute Gasteiger partial charge is 0.323 e. The van der Waals surface area contributed by atoms with Gasteiger partial charge in [-0.1, -0.05) is 0 Å². The number of carboxylic acid groups (broad SMARTS) is 1. The fourth-order valence-corrected chi connectivity index (χ4v) is 2.90. The van der Waals surface area contributed by atoms with Crippen molar-refractivity contribution in [1.29, 1.82) is 0 Å². The van der Waals surface area contributed by atoms with Gasteiger partial charge in [-0.3, -0.25) is 24.8 Å². The van der Waals surface area contributed by atoms with E-state index in [1.54, 1.807) is 20.8 Å². The predicted molar refractivity (Wildman–Crippen MR) is 76.1 cm³/mol. The van der Waals surface area contributed by atoms with Gasteiger partial charge in [-0.2, -0.15) is 0 Å². The summed E-state index contributed by atoms with van der Waals surface area (Å²) in [6.45, 7) is 5.99. The maximum absolute atomic E-state index is 11.5. The summed E-state index contributed by atoms with van der Waals surface area (Å²) in [5.41, 5.74) is 0.745.